The first-order valence-electron chi connectivity index (χ1n) is 8.56. The predicted molar refractivity (Wildman–Crippen MR) is 92.4 cm³/mol. The standard InChI is InChI=1S/C18H29N3O2/c1-3-15(2)17(19)18(22)21-11-9-20(10-12-21)13-14-23-16-7-5-4-6-8-16/h4-8,15,17H,3,9-14,19H2,1-2H3. The fourth-order valence-electron chi connectivity index (χ4n) is 2.71. The van der Waals surface area contributed by atoms with Gasteiger partial charge in [-0.25, -0.2) is 0 Å². The maximum Gasteiger partial charge on any atom is 0.239 e. The molecule has 2 rings (SSSR count). The van der Waals surface area contributed by atoms with E-state index in [-0.39, 0.29) is 17.9 Å². The van der Waals surface area contributed by atoms with Gasteiger partial charge in [-0.1, -0.05) is 38.5 Å². The van der Waals surface area contributed by atoms with Crippen LogP contribution in [0.3, 0.4) is 0 Å². The van der Waals surface area contributed by atoms with Crippen LogP contribution in [0.25, 0.3) is 0 Å². The molecule has 23 heavy (non-hydrogen) atoms. The van der Waals surface area contributed by atoms with Crippen molar-refractivity contribution in [2.45, 2.75) is 26.3 Å². The Morgan fingerprint density at radius 2 is 1.87 bits per heavy atom. The molecule has 0 radical (unpaired) electrons. The molecule has 5 heteroatoms. The van der Waals surface area contributed by atoms with E-state index < -0.39 is 0 Å². The number of nitrogens with two attached hydrogens (primary N) is 1. The van der Waals surface area contributed by atoms with E-state index in [4.69, 9.17) is 10.5 Å². The van der Waals surface area contributed by atoms with Gasteiger partial charge in [-0.05, 0) is 18.1 Å². The number of rotatable bonds is 7. The summed E-state index contributed by atoms with van der Waals surface area (Å²) < 4.78 is 5.73. The second kappa shape index (κ2) is 8.89. The van der Waals surface area contributed by atoms with E-state index in [1.54, 1.807) is 0 Å². The molecule has 0 saturated carbocycles. The number of hydrogen-bond acceptors (Lipinski definition) is 4. The van der Waals surface area contributed by atoms with Crippen LogP contribution in [0.15, 0.2) is 30.3 Å². The molecule has 0 spiro atoms. The van der Waals surface area contributed by atoms with Crippen molar-refractivity contribution in [2.75, 3.05) is 39.3 Å². The highest BCUT2D eigenvalue weighted by Gasteiger charge is 2.27. The van der Waals surface area contributed by atoms with Gasteiger partial charge in [-0.15, -0.1) is 0 Å². The number of ether oxygens (including phenoxy) is 1. The van der Waals surface area contributed by atoms with Gasteiger partial charge >= 0.3 is 0 Å². The quantitative estimate of drug-likeness (QED) is 0.829. The molecule has 1 aromatic rings. The minimum absolute atomic E-state index is 0.0968. The average molecular weight is 319 g/mol. The van der Waals surface area contributed by atoms with E-state index in [1.807, 2.05) is 42.2 Å². The molecule has 0 aliphatic carbocycles. The summed E-state index contributed by atoms with van der Waals surface area (Å²) in [6.07, 6.45) is 0.934. The first-order valence-corrected chi connectivity index (χ1v) is 8.56. The molecule has 2 unspecified atom stereocenters. The van der Waals surface area contributed by atoms with Gasteiger partial charge in [0, 0.05) is 32.7 Å². The highest BCUT2D eigenvalue weighted by atomic mass is 16.5. The Hall–Kier alpha value is -1.59. The lowest BCUT2D eigenvalue weighted by Crippen LogP contribution is -2.54. The van der Waals surface area contributed by atoms with Gasteiger partial charge in [-0.2, -0.15) is 0 Å². The number of para-hydroxylation sites is 1. The normalized spacial score (nSPS) is 18.5. The number of benzene rings is 1. The molecule has 1 fully saturated rings. The van der Waals surface area contributed by atoms with Crippen LogP contribution in [0.2, 0.25) is 0 Å². The summed E-state index contributed by atoms with van der Waals surface area (Å²) >= 11 is 0. The zero-order valence-corrected chi connectivity index (χ0v) is 14.3. The SMILES string of the molecule is CCC(C)C(N)C(=O)N1CCN(CCOc2ccccc2)CC1. The molecule has 1 aromatic carbocycles. The highest BCUT2D eigenvalue weighted by Crippen LogP contribution is 2.11. The zero-order valence-electron chi connectivity index (χ0n) is 14.3. The van der Waals surface area contributed by atoms with Crippen molar-refractivity contribution >= 4 is 5.91 Å². The van der Waals surface area contributed by atoms with Crippen molar-refractivity contribution in [3.8, 4) is 5.75 Å². The molecule has 0 bridgehead atoms. The van der Waals surface area contributed by atoms with Crippen molar-refractivity contribution in [2.24, 2.45) is 11.7 Å². The Bertz CT molecular complexity index is 472. The summed E-state index contributed by atoms with van der Waals surface area (Å²) in [4.78, 5) is 16.6. The predicted octanol–water partition coefficient (Wildman–Crippen LogP) is 1.58. The van der Waals surface area contributed by atoms with Gasteiger partial charge < -0.3 is 15.4 Å². The first-order chi connectivity index (χ1) is 11.1. The Kier molecular flexibility index (Phi) is 6.86. The average Bonchev–Trinajstić information content (AvgIpc) is 2.61. The topological polar surface area (TPSA) is 58.8 Å². The summed E-state index contributed by atoms with van der Waals surface area (Å²) in [7, 11) is 0. The molecular formula is C18H29N3O2. The number of carbonyl (C=O) groups excluding carboxylic acids is 1. The van der Waals surface area contributed by atoms with Crippen molar-refractivity contribution < 1.29 is 9.53 Å². The van der Waals surface area contributed by atoms with Gasteiger partial charge in [0.25, 0.3) is 0 Å². The molecule has 1 saturated heterocycles. The summed E-state index contributed by atoms with van der Waals surface area (Å²) in [5.74, 6) is 1.24. The molecular weight excluding hydrogens is 290 g/mol. The van der Waals surface area contributed by atoms with Gasteiger partial charge in [-0.3, -0.25) is 9.69 Å². The minimum Gasteiger partial charge on any atom is -0.492 e. The third kappa shape index (κ3) is 5.22. The Labute approximate surface area is 139 Å². The van der Waals surface area contributed by atoms with Gasteiger partial charge in [0.15, 0.2) is 0 Å². The second-order valence-corrected chi connectivity index (χ2v) is 6.24. The second-order valence-electron chi connectivity index (χ2n) is 6.24. The van der Waals surface area contributed by atoms with Crippen LogP contribution in [0, 0.1) is 5.92 Å². The van der Waals surface area contributed by atoms with Crippen molar-refractivity contribution in [1.82, 2.24) is 9.80 Å². The van der Waals surface area contributed by atoms with E-state index in [1.165, 1.54) is 0 Å². The van der Waals surface area contributed by atoms with Crippen molar-refractivity contribution in [3.05, 3.63) is 30.3 Å². The summed E-state index contributed by atoms with van der Waals surface area (Å²) in [5.41, 5.74) is 6.06. The lowest BCUT2D eigenvalue weighted by atomic mass is 9.98. The Morgan fingerprint density at radius 3 is 2.48 bits per heavy atom. The van der Waals surface area contributed by atoms with E-state index in [2.05, 4.69) is 11.8 Å². The summed E-state index contributed by atoms with van der Waals surface area (Å²) in [6.45, 7) is 8.96. The number of amides is 1. The van der Waals surface area contributed by atoms with Crippen molar-refractivity contribution in [1.29, 1.82) is 0 Å². The van der Waals surface area contributed by atoms with E-state index in [0.717, 1.165) is 44.9 Å². The molecule has 1 aliphatic rings. The number of piperazine rings is 1. The van der Waals surface area contributed by atoms with Crippen LogP contribution < -0.4 is 10.5 Å². The molecule has 0 aromatic heterocycles. The molecule has 1 aliphatic heterocycles. The van der Waals surface area contributed by atoms with E-state index in [9.17, 15) is 4.79 Å². The molecule has 5 nitrogen and oxygen atoms in total. The van der Waals surface area contributed by atoms with Crippen LogP contribution in [0.1, 0.15) is 20.3 Å². The molecule has 1 heterocycles. The first kappa shape index (κ1) is 17.8. The lowest BCUT2D eigenvalue weighted by Gasteiger charge is -2.36. The number of nitrogens with zero attached hydrogens (tertiary/aromatic N) is 2. The van der Waals surface area contributed by atoms with E-state index >= 15 is 0 Å². The fraction of sp³-hybridized carbons (Fsp3) is 0.611. The lowest BCUT2D eigenvalue weighted by molar-refractivity contribution is -0.135. The fourth-order valence-corrected chi connectivity index (χ4v) is 2.71. The van der Waals surface area contributed by atoms with Gasteiger partial charge in [0.1, 0.15) is 12.4 Å². The number of carbonyl (C=O) groups is 1. The van der Waals surface area contributed by atoms with Crippen molar-refractivity contribution in [3.63, 3.8) is 0 Å². The van der Waals surface area contributed by atoms with Gasteiger partial charge in [0.2, 0.25) is 5.91 Å². The van der Waals surface area contributed by atoms with Crippen LogP contribution in [-0.4, -0.2) is 61.1 Å². The third-order valence-electron chi connectivity index (χ3n) is 4.65. The summed E-state index contributed by atoms with van der Waals surface area (Å²) in [5, 5.41) is 0. The van der Waals surface area contributed by atoms with E-state index in [0.29, 0.717) is 6.61 Å². The smallest absolute Gasteiger partial charge is 0.239 e. The monoisotopic (exact) mass is 319 g/mol. The third-order valence-corrected chi connectivity index (χ3v) is 4.65. The maximum atomic E-state index is 12.4. The Morgan fingerprint density at radius 1 is 1.22 bits per heavy atom. The largest absolute Gasteiger partial charge is 0.492 e. The molecule has 2 atom stereocenters. The van der Waals surface area contributed by atoms with Crippen LogP contribution in [0.5, 0.6) is 5.75 Å². The molecule has 2 N–H and O–H groups in total. The zero-order chi connectivity index (χ0) is 16.7. The van der Waals surface area contributed by atoms with Crippen LogP contribution in [0.4, 0.5) is 0 Å². The Balaban J connectivity index is 1.68. The maximum absolute atomic E-state index is 12.4. The van der Waals surface area contributed by atoms with Crippen LogP contribution in [-0.2, 0) is 4.79 Å². The highest BCUT2D eigenvalue weighted by molar-refractivity contribution is 5.82. The molecule has 128 valence electrons. The summed E-state index contributed by atoms with van der Waals surface area (Å²) in [6, 6.07) is 9.49. The minimum atomic E-state index is -0.368. The number of hydrogen-bond donors (Lipinski definition) is 1. The van der Waals surface area contributed by atoms with Crippen LogP contribution >= 0.6 is 0 Å². The van der Waals surface area contributed by atoms with Gasteiger partial charge in [0.05, 0.1) is 6.04 Å². The molecule has 1 amide bonds.